The first kappa shape index (κ1) is 27.1. The van der Waals surface area contributed by atoms with Crippen LogP contribution in [0, 0.1) is 0 Å². The van der Waals surface area contributed by atoms with Gasteiger partial charge in [-0.2, -0.15) is 4.57 Å². The molecule has 0 radical (unpaired) electrons. The average Bonchev–Trinajstić information content (AvgIpc) is 3.35. The zero-order valence-corrected chi connectivity index (χ0v) is 23.5. The molecule has 1 saturated heterocycles. The Balaban J connectivity index is 0.00000308. The monoisotopic (exact) mass is 555 g/mol. The highest BCUT2D eigenvalue weighted by Crippen LogP contribution is 2.42. The molecule has 1 amide bonds. The Morgan fingerprint density at radius 3 is 2.46 bits per heavy atom. The number of aromatic hydroxyl groups is 1. The van der Waals surface area contributed by atoms with Crippen LogP contribution in [0.2, 0.25) is 0 Å². The van der Waals surface area contributed by atoms with Crippen LogP contribution in [-0.4, -0.2) is 66.7 Å². The van der Waals surface area contributed by atoms with Crippen LogP contribution in [0.1, 0.15) is 31.9 Å². The number of pyridine rings is 1. The van der Waals surface area contributed by atoms with Crippen LogP contribution >= 0.6 is 0 Å². The van der Waals surface area contributed by atoms with Gasteiger partial charge < -0.3 is 41.4 Å². The predicted molar refractivity (Wildman–Crippen MR) is 141 cm³/mol. The number of carbonyl (C=O) groups excluding carboxylic acids is 1. The molecule has 0 aliphatic carbocycles. The maximum Gasteiger partial charge on any atom is 0.410 e. The number of aromatic nitrogens is 1. The van der Waals surface area contributed by atoms with Gasteiger partial charge in [-0.15, -0.1) is 0 Å². The Morgan fingerprint density at radius 2 is 1.77 bits per heavy atom. The molecule has 0 spiro atoms. The summed E-state index contributed by atoms with van der Waals surface area (Å²) >= 11 is 0. The number of benzene rings is 2. The summed E-state index contributed by atoms with van der Waals surface area (Å²) in [6.07, 6.45) is 2.63. The molecule has 3 aromatic rings. The van der Waals surface area contributed by atoms with Gasteiger partial charge in [0.15, 0.2) is 35.7 Å². The number of hydrogen-bond acceptors (Lipinski definition) is 7. The number of nitrogens with zero attached hydrogens (tertiary/aromatic N) is 3. The third-order valence-corrected chi connectivity index (χ3v) is 7.44. The SMILES string of the molecule is COc1cc(CN2CCN(C(=O)OC(C)(C)C)CC2)c2cc3[n+](cc2c1O)CCc1cc2c(cc1-3)OCO2.[Cl-]. The number of phenolic OH excluding ortho intramolecular Hbond substituents is 1. The molecule has 208 valence electrons. The molecule has 0 saturated carbocycles. The molecule has 9 nitrogen and oxygen atoms in total. The van der Waals surface area contributed by atoms with Crippen molar-refractivity contribution >= 4 is 16.9 Å². The summed E-state index contributed by atoms with van der Waals surface area (Å²) in [5, 5.41) is 12.8. The van der Waals surface area contributed by atoms with Gasteiger partial charge in [0.05, 0.1) is 18.1 Å². The number of ether oxygens (including phenoxy) is 4. The van der Waals surface area contributed by atoms with E-state index in [1.807, 2.05) is 33.0 Å². The summed E-state index contributed by atoms with van der Waals surface area (Å²) < 4.78 is 24.5. The van der Waals surface area contributed by atoms with Gasteiger partial charge in [0.25, 0.3) is 0 Å². The molecule has 6 rings (SSSR count). The van der Waals surface area contributed by atoms with Crippen molar-refractivity contribution in [2.24, 2.45) is 0 Å². The maximum absolute atomic E-state index is 12.5. The minimum Gasteiger partial charge on any atom is -1.00 e. The summed E-state index contributed by atoms with van der Waals surface area (Å²) in [6.45, 7) is 10.0. The van der Waals surface area contributed by atoms with E-state index in [4.69, 9.17) is 18.9 Å². The quantitative estimate of drug-likeness (QED) is 0.480. The Labute approximate surface area is 234 Å². The second-order valence-corrected chi connectivity index (χ2v) is 11.1. The number of methoxy groups -OCH3 is 1. The second kappa shape index (κ2) is 10.3. The van der Waals surface area contributed by atoms with E-state index in [-0.39, 0.29) is 31.0 Å². The lowest BCUT2D eigenvalue weighted by molar-refractivity contribution is -0.686. The zero-order chi connectivity index (χ0) is 26.6. The number of halogens is 1. The molecule has 10 heteroatoms. The lowest BCUT2D eigenvalue weighted by Gasteiger charge is -2.35. The van der Waals surface area contributed by atoms with Crippen molar-refractivity contribution in [3.05, 3.63) is 41.6 Å². The van der Waals surface area contributed by atoms with Gasteiger partial charge in [-0.25, -0.2) is 4.79 Å². The topological polar surface area (TPSA) is 84.6 Å². The number of rotatable bonds is 3. The summed E-state index contributed by atoms with van der Waals surface area (Å²) in [7, 11) is 1.58. The summed E-state index contributed by atoms with van der Waals surface area (Å²) in [6, 6.07) is 8.24. The minimum absolute atomic E-state index is 0. The fraction of sp³-hybridized carbons (Fsp3) is 0.448. The van der Waals surface area contributed by atoms with Gasteiger partial charge in [0, 0.05) is 50.6 Å². The lowest BCUT2D eigenvalue weighted by Crippen LogP contribution is -3.00. The van der Waals surface area contributed by atoms with E-state index in [2.05, 4.69) is 27.7 Å². The van der Waals surface area contributed by atoms with E-state index in [0.29, 0.717) is 25.4 Å². The van der Waals surface area contributed by atoms with Crippen LogP contribution in [-0.2, 0) is 24.2 Å². The molecular formula is C29H34ClN3O6. The van der Waals surface area contributed by atoms with Gasteiger partial charge in [0.2, 0.25) is 12.5 Å². The average molecular weight is 556 g/mol. The smallest absolute Gasteiger partial charge is 0.410 e. The Kier molecular flexibility index (Phi) is 7.15. The third kappa shape index (κ3) is 5.13. The number of fused-ring (bicyclic) bond motifs is 5. The molecule has 39 heavy (non-hydrogen) atoms. The fourth-order valence-electron chi connectivity index (χ4n) is 5.51. The number of aryl methyl sites for hydroxylation is 2. The Morgan fingerprint density at radius 1 is 1.05 bits per heavy atom. The fourth-order valence-corrected chi connectivity index (χ4v) is 5.51. The first-order chi connectivity index (χ1) is 18.2. The van der Waals surface area contributed by atoms with Crippen LogP contribution in [0.15, 0.2) is 30.5 Å². The molecule has 2 aromatic carbocycles. The summed E-state index contributed by atoms with van der Waals surface area (Å²) in [4.78, 5) is 16.6. The number of phenols is 1. The molecule has 0 bridgehead atoms. The number of hydrogen-bond donors (Lipinski definition) is 1. The first-order valence-corrected chi connectivity index (χ1v) is 13.1. The molecule has 3 aliphatic rings. The zero-order valence-electron chi connectivity index (χ0n) is 22.8. The van der Waals surface area contributed by atoms with Gasteiger partial charge in [-0.1, -0.05) is 0 Å². The predicted octanol–water partition coefficient (Wildman–Crippen LogP) is 0.850. The maximum atomic E-state index is 12.5. The molecule has 0 unspecified atom stereocenters. The van der Waals surface area contributed by atoms with Crippen molar-refractivity contribution in [1.82, 2.24) is 9.80 Å². The van der Waals surface area contributed by atoms with Crippen molar-refractivity contribution < 1.29 is 45.8 Å². The highest BCUT2D eigenvalue weighted by molar-refractivity contribution is 5.94. The van der Waals surface area contributed by atoms with Gasteiger partial charge in [0.1, 0.15) is 5.60 Å². The molecular weight excluding hydrogens is 522 g/mol. The Hall–Kier alpha value is -3.43. The first-order valence-electron chi connectivity index (χ1n) is 13.1. The third-order valence-electron chi connectivity index (χ3n) is 7.44. The largest absolute Gasteiger partial charge is 1.00 e. The van der Waals surface area contributed by atoms with Gasteiger partial charge in [-0.3, -0.25) is 4.90 Å². The van der Waals surface area contributed by atoms with E-state index in [1.54, 1.807) is 12.0 Å². The number of piperazine rings is 1. The molecule has 1 fully saturated rings. The van der Waals surface area contributed by atoms with Gasteiger partial charge in [-0.05, 0) is 50.1 Å². The van der Waals surface area contributed by atoms with E-state index >= 15 is 0 Å². The highest BCUT2D eigenvalue weighted by Gasteiger charge is 2.30. The molecule has 0 atom stereocenters. The van der Waals surface area contributed by atoms with Crippen molar-refractivity contribution in [2.75, 3.05) is 40.1 Å². The van der Waals surface area contributed by atoms with Crippen molar-refractivity contribution in [3.63, 3.8) is 0 Å². The van der Waals surface area contributed by atoms with Gasteiger partial charge >= 0.3 is 6.09 Å². The normalized spacial score (nSPS) is 16.4. The van der Waals surface area contributed by atoms with Crippen molar-refractivity contribution in [3.8, 4) is 34.3 Å². The van der Waals surface area contributed by atoms with Crippen LogP contribution < -0.4 is 31.2 Å². The minimum atomic E-state index is -0.509. The van der Waals surface area contributed by atoms with Crippen LogP contribution in [0.5, 0.6) is 23.0 Å². The van der Waals surface area contributed by atoms with E-state index in [0.717, 1.165) is 65.1 Å². The van der Waals surface area contributed by atoms with E-state index in [1.165, 1.54) is 5.56 Å². The summed E-state index contributed by atoms with van der Waals surface area (Å²) in [5.41, 5.74) is 3.99. The Bertz CT molecular complexity index is 1430. The van der Waals surface area contributed by atoms with Crippen LogP contribution in [0.25, 0.3) is 22.0 Å². The summed E-state index contributed by atoms with van der Waals surface area (Å²) in [5.74, 6) is 2.16. The van der Waals surface area contributed by atoms with Crippen molar-refractivity contribution in [1.29, 1.82) is 0 Å². The van der Waals surface area contributed by atoms with Crippen LogP contribution in [0.3, 0.4) is 0 Å². The molecule has 1 N–H and O–H groups in total. The van der Waals surface area contributed by atoms with Crippen molar-refractivity contribution in [2.45, 2.75) is 45.9 Å². The molecule has 3 aliphatic heterocycles. The second-order valence-electron chi connectivity index (χ2n) is 11.1. The molecule has 1 aromatic heterocycles. The molecule has 4 heterocycles. The van der Waals surface area contributed by atoms with E-state index < -0.39 is 5.60 Å². The lowest BCUT2D eigenvalue weighted by atomic mass is 9.94. The highest BCUT2D eigenvalue weighted by atomic mass is 35.5. The number of amides is 1. The van der Waals surface area contributed by atoms with E-state index in [9.17, 15) is 9.90 Å². The van der Waals surface area contributed by atoms with Crippen LogP contribution in [0.4, 0.5) is 4.79 Å². The number of carbonyl (C=O) groups is 1. The standard InChI is InChI=1S/C29H33N3O6.ClH/c1-29(2,3)38-28(34)31-9-7-30(8-10-31)15-19-12-26(35-4)27(33)22-16-32-6-5-18-11-24-25(37-17-36-24)14-21(18)23(32)13-20(19)22;/h11-14,16H,5-10,15,17H2,1-4H3;1H.